The monoisotopic (exact) mass is 285 g/mol. The van der Waals surface area contributed by atoms with Crippen LogP contribution in [0.3, 0.4) is 0 Å². The van der Waals surface area contributed by atoms with Gasteiger partial charge in [-0.15, -0.1) is 0 Å². The number of hydrogen-bond acceptors (Lipinski definition) is 5. The fourth-order valence-electron chi connectivity index (χ4n) is 2.72. The molecule has 0 aliphatic carbocycles. The lowest BCUT2D eigenvalue weighted by atomic mass is 10.0. The Morgan fingerprint density at radius 2 is 2.10 bits per heavy atom. The van der Waals surface area contributed by atoms with Gasteiger partial charge < -0.3 is 19.9 Å². The van der Waals surface area contributed by atoms with Crippen molar-refractivity contribution in [2.75, 3.05) is 47.4 Å². The maximum absolute atomic E-state index is 11.7. The van der Waals surface area contributed by atoms with Gasteiger partial charge in [-0.05, 0) is 59.4 Å². The average Bonchev–Trinajstić information content (AvgIpc) is 2.47. The van der Waals surface area contributed by atoms with Gasteiger partial charge in [-0.25, -0.2) is 0 Å². The van der Waals surface area contributed by atoms with Crippen LogP contribution in [0.1, 0.15) is 32.6 Å². The first kappa shape index (κ1) is 17.4. The SMILES string of the molecule is CCCNC(CCN(C)C1CCN(C)CC1)C(=O)OC. The Labute approximate surface area is 123 Å². The molecule has 1 fully saturated rings. The lowest BCUT2D eigenvalue weighted by Crippen LogP contribution is -2.45. The minimum Gasteiger partial charge on any atom is -0.468 e. The summed E-state index contributed by atoms with van der Waals surface area (Å²) in [5.41, 5.74) is 0. The second kappa shape index (κ2) is 9.32. The summed E-state index contributed by atoms with van der Waals surface area (Å²) >= 11 is 0. The third kappa shape index (κ3) is 5.77. The third-order valence-corrected chi connectivity index (χ3v) is 4.21. The minimum atomic E-state index is -0.173. The van der Waals surface area contributed by atoms with Crippen LogP contribution in [0.25, 0.3) is 0 Å². The molecule has 1 atom stereocenters. The molecule has 0 aromatic rings. The van der Waals surface area contributed by atoms with Gasteiger partial charge in [-0.1, -0.05) is 6.92 Å². The summed E-state index contributed by atoms with van der Waals surface area (Å²) in [6, 6.07) is 0.476. The fraction of sp³-hybridized carbons (Fsp3) is 0.933. The number of piperidine rings is 1. The molecule has 1 aliphatic rings. The van der Waals surface area contributed by atoms with E-state index >= 15 is 0 Å². The summed E-state index contributed by atoms with van der Waals surface area (Å²) in [4.78, 5) is 16.5. The second-order valence-electron chi connectivity index (χ2n) is 5.83. The highest BCUT2D eigenvalue weighted by molar-refractivity contribution is 5.75. The summed E-state index contributed by atoms with van der Waals surface area (Å²) in [7, 11) is 5.81. The second-order valence-corrected chi connectivity index (χ2v) is 5.83. The van der Waals surface area contributed by atoms with Gasteiger partial charge in [0.25, 0.3) is 0 Å². The van der Waals surface area contributed by atoms with E-state index in [1.54, 1.807) is 0 Å². The van der Waals surface area contributed by atoms with Crippen molar-refractivity contribution >= 4 is 5.97 Å². The van der Waals surface area contributed by atoms with Crippen LogP contribution >= 0.6 is 0 Å². The molecule has 1 heterocycles. The van der Waals surface area contributed by atoms with Crippen LogP contribution in [0.2, 0.25) is 0 Å². The zero-order valence-electron chi connectivity index (χ0n) is 13.5. The number of carbonyl (C=O) groups is 1. The van der Waals surface area contributed by atoms with Crippen LogP contribution in [0.4, 0.5) is 0 Å². The summed E-state index contributed by atoms with van der Waals surface area (Å²) in [6.45, 7) is 6.24. The minimum absolute atomic E-state index is 0.143. The van der Waals surface area contributed by atoms with E-state index in [4.69, 9.17) is 4.74 Å². The van der Waals surface area contributed by atoms with E-state index in [-0.39, 0.29) is 12.0 Å². The number of carbonyl (C=O) groups excluding carboxylic acids is 1. The molecule has 5 heteroatoms. The van der Waals surface area contributed by atoms with Crippen LogP contribution < -0.4 is 5.32 Å². The van der Waals surface area contributed by atoms with Gasteiger partial charge in [0.1, 0.15) is 6.04 Å². The van der Waals surface area contributed by atoms with Gasteiger partial charge in [0.15, 0.2) is 0 Å². The molecule has 1 unspecified atom stereocenters. The van der Waals surface area contributed by atoms with E-state index in [1.165, 1.54) is 33.0 Å². The molecule has 1 rings (SSSR count). The lowest BCUT2D eigenvalue weighted by Gasteiger charge is -2.35. The number of nitrogens with zero attached hydrogens (tertiary/aromatic N) is 2. The van der Waals surface area contributed by atoms with Crippen molar-refractivity contribution in [3.05, 3.63) is 0 Å². The number of nitrogens with one attached hydrogen (secondary N) is 1. The van der Waals surface area contributed by atoms with Crippen molar-refractivity contribution in [1.82, 2.24) is 15.1 Å². The van der Waals surface area contributed by atoms with Crippen LogP contribution in [-0.4, -0.2) is 75.2 Å². The van der Waals surface area contributed by atoms with Crippen molar-refractivity contribution in [2.45, 2.75) is 44.7 Å². The first-order chi connectivity index (χ1) is 9.58. The van der Waals surface area contributed by atoms with Gasteiger partial charge in [0.2, 0.25) is 0 Å². The maximum Gasteiger partial charge on any atom is 0.322 e. The summed E-state index contributed by atoms with van der Waals surface area (Å²) in [5, 5.41) is 3.28. The normalized spacial score (nSPS) is 19.2. The first-order valence-corrected chi connectivity index (χ1v) is 7.78. The highest BCUT2D eigenvalue weighted by Crippen LogP contribution is 2.14. The van der Waals surface area contributed by atoms with Gasteiger partial charge in [0.05, 0.1) is 7.11 Å². The topological polar surface area (TPSA) is 44.8 Å². The number of methoxy groups -OCH3 is 1. The number of esters is 1. The molecule has 0 aromatic carbocycles. The van der Waals surface area contributed by atoms with Crippen LogP contribution in [0.15, 0.2) is 0 Å². The number of likely N-dealkylation sites (tertiary alicyclic amines) is 1. The Balaban J connectivity index is 2.35. The van der Waals surface area contributed by atoms with Crippen LogP contribution in [0.5, 0.6) is 0 Å². The standard InChI is InChI=1S/C15H31N3O2/c1-5-9-16-14(15(19)20-4)8-12-18(3)13-6-10-17(2)11-7-13/h13-14,16H,5-12H2,1-4H3. The van der Waals surface area contributed by atoms with Crippen molar-refractivity contribution in [3.8, 4) is 0 Å². The number of ether oxygens (including phenoxy) is 1. The largest absolute Gasteiger partial charge is 0.468 e. The van der Waals surface area contributed by atoms with Crippen molar-refractivity contribution in [2.24, 2.45) is 0 Å². The van der Waals surface area contributed by atoms with Crippen LogP contribution in [-0.2, 0) is 9.53 Å². The van der Waals surface area contributed by atoms with E-state index < -0.39 is 0 Å². The predicted molar refractivity (Wildman–Crippen MR) is 81.9 cm³/mol. The zero-order chi connectivity index (χ0) is 15.0. The molecule has 118 valence electrons. The Bertz CT molecular complexity index is 278. The molecule has 0 amide bonds. The van der Waals surface area contributed by atoms with E-state index in [0.29, 0.717) is 6.04 Å². The predicted octanol–water partition coefficient (Wildman–Crippen LogP) is 0.944. The molecule has 1 aliphatic heterocycles. The van der Waals surface area contributed by atoms with Gasteiger partial charge in [-0.2, -0.15) is 0 Å². The van der Waals surface area contributed by atoms with Gasteiger partial charge >= 0.3 is 5.97 Å². The van der Waals surface area contributed by atoms with Gasteiger partial charge in [0, 0.05) is 12.6 Å². The van der Waals surface area contributed by atoms with Crippen molar-refractivity contribution in [1.29, 1.82) is 0 Å². The Kier molecular flexibility index (Phi) is 8.11. The van der Waals surface area contributed by atoms with E-state index in [0.717, 1.165) is 25.9 Å². The maximum atomic E-state index is 11.7. The van der Waals surface area contributed by atoms with Gasteiger partial charge in [-0.3, -0.25) is 4.79 Å². The molecular weight excluding hydrogens is 254 g/mol. The number of hydrogen-bond donors (Lipinski definition) is 1. The molecule has 1 saturated heterocycles. The highest BCUT2D eigenvalue weighted by atomic mass is 16.5. The Morgan fingerprint density at radius 1 is 1.45 bits per heavy atom. The van der Waals surface area contributed by atoms with E-state index in [9.17, 15) is 4.79 Å². The fourth-order valence-corrected chi connectivity index (χ4v) is 2.72. The van der Waals surface area contributed by atoms with Crippen molar-refractivity contribution < 1.29 is 9.53 Å². The molecule has 0 radical (unpaired) electrons. The van der Waals surface area contributed by atoms with E-state index in [1.807, 2.05) is 0 Å². The molecule has 20 heavy (non-hydrogen) atoms. The summed E-state index contributed by atoms with van der Waals surface area (Å²) in [5.74, 6) is -0.143. The zero-order valence-corrected chi connectivity index (χ0v) is 13.5. The Hall–Kier alpha value is -0.650. The average molecular weight is 285 g/mol. The summed E-state index contributed by atoms with van der Waals surface area (Å²) < 4.78 is 4.87. The molecule has 0 saturated carbocycles. The van der Waals surface area contributed by atoms with Crippen LogP contribution in [0, 0.1) is 0 Å². The quantitative estimate of drug-likeness (QED) is 0.673. The Morgan fingerprint density at radius 3 is 2.65 bits per heavy atom. The van der Waals surface area contributed by atoms with E-state index in [2.05, 4.69) is 36.1 Å². The third-order valence-electron chi connectivity index (χ3n) is 4.21. The highest BCUT2D eigenvalue weighted by Gasteiger charge is 2.23. The number of rotatable bonds is 8. The molecule has 5 nitrogen and oxygen atoms in total. The summed E-state index contributed by atoms with van der Waals surface area (Å²) in [6.07, 6.45) is 4.28. The van der Waals surface area contributed by atoms with Crippen molar-refractivity contribution in [3.63, 3.8) is 0 Å². The smallest absolute Gasteiger partial charge is 0.322 e. The molecule has 0 spiro atoms. The lowest BCUT2D eigenvalue weighted by molar-refractivity contribution is -0.143. The molecule has 0 bridgehead atoms. The first-order valence-electron chi connectivity index (χ1n) is 7.78. The molecule has 0 aromatic heterocycles. The molecular formula is C15H31N3O2. The molecule has 1 N–H and O–H groups in total.